The van der Waals surface area contributed by atoms with Crippen molar-refractivity contribution in [1.29, 1.82) is 0 Å². The number of imidazole rings is 1. The van der Waals surface area contributed by atoms with Gasteiger partial charge in [-0.25, -0.2) is 9.37 Å². The van der Waals surface area contributed by atoms with Crippen LogP contribution in [0.25, 0.3) is 21.8 Å². The highest BCUT2D eigenvalue weighted by Crippen LogP contribution is 2.26. The third-order valence-electron chi connectivity index (χ3n) is 5.80. The van der Waals surface area contributed by atoms with Gasteiger partial charge >= 0.3 is 0 Å². The van der Waals surface area contributed by atoms with Crippen LogP contribution in [-0.2, 0) is 11.2 Å². The number of amides is 1. The number of rotatable bonds is 6. The van der Waals surface area contributed by atoms with E-state index in [0.717, 1.165) is 33.1 Å². The average Bonchev–Trinajstić information content (AvgIpc) is 3.31. The summed E-state index contributed by atoms with van der Waals surface area (Å²) in [6, 6.07) is 26.2. The molecule has 0 saturated carbocycles. The van der Waals surface area contributed by atoms with Crippen molar-refractivity contribution in [3.05, 3.63) is 114 Å². The molecular weight excluding hydrogens is 401 g/mol. The monoisotopic (exact) mass is 423 g/mol. The maximum absolute atomic E-state index is 14.1. The maximum atomic E-state index is 14.1. The number of fused-ring (bicyclic) bond motifs is 2. The van der Waals surface area contributed by atoms with Gasteiger partial charge < -0.3 is 10.3 Å². The molecule has 5 heteroatoms. The number of nitrogens with one attached hydrogen (secondary N) is 2. The summed E-state index contributed by atoms with van der Waals surface area (Å²) in [6.45, 7) is 0. The topological polar surface area (TPSA) is 57.8 Å². The minimum Gasteiger partial charge on any atom is -0.345 e. The lowest BCUT2D eigenvalue weighted by Crippen LogP contribution is -2.29. The van der Waals surface area contributed by atoms with Gasteiger partial charge in [-0.05, 0) is 46.7 Å². The van der Waals surface area contributed by atoms with Gasteiger partial charge in [0.2, 0.25) is 5.91 Å². The molecule has 1 aromatic heterocycles. The molecule has 0 aliphatic heterocycles. The summed E-state index contributed by atoms with van der Waals surface area (Å²) in [5, 5.41) is 4.62. The molecule has 0 aliphatic carbocycles. The lowest BCUT2D eigenvalue weighted by molar-refractivity contribution is -0.121. The average molecular weight is 423 g/mol. The fraction of sp³-hybridized carbons (Fsp3) is 0.111. The number of benzene rings is 4. The summed E-state index contributed by atoms with van der Waals surface area (Å²) >= 11 is 0. The Morgan fingerprint density at radius 1 is 0.906 bits per heavy atom. The van der Waals surface area contributed by atoms with E-state index in [0.29, 0.717) is 18.2 Å². The lowest BCUT2D eigenvalue weighted by atomic mass is 9.97. The molecule has 5 rings (SSSR count). The normalized spacial score (nSPS) is 12.2. The van der Waals surface area contributed by atoms with E-state index in [9.17, 15) is 9.18 Å². The second-order valence-electron chi connectivity index (χ2n) is 7.84. The van der Waals surface area contributed by atoms with E-state index in [1.54, 1.807) is 18.5 Å². The van der Waals surface area contributed by atoms with E-state index in [1.807, 2.05) is 66.7 Å². The number of aromatic amines is 1. The fourth-order valence-electron chi connectivity index (χ4n) is 4.16. The van der Waals surface area contributed by atoms with Crippen molar-refractivity contribution in [3.8, 4) is 0 Å². The zero-order chi connectivity index (χ0) is 21.9. The summed E-state index contributed by atoms with van der Waals surface area (Å²) in [4.78, 5) is 20.4. The van der Waals surface area contributed by atoms with Crippen LogP contribution in [0.1, 0.15) is 29.2 Å². The Morgan fingerprint density at radius 2 is 1.69 bits per heavy atom. The highest BCUT2D eigenvalue weighted by molar-refractivity contribution is 5.87. The Hall–Kier alpha value is -3.99. The van der Waals surface area contributed by atoms with Crippen LogP contribution in [0.15, 0.2) is 91.3 Å². The molecule has 4 aromatic carbocycles. The predicted octanol–water partition coefficient (Wildman–Crippen LogP) is 5.69. The molecule has 0 bridgehead atoms. The summed E-state index contributed by atoms with van der Waals surface area (Å²) in [5.74, 6) is -0.302. The van der Waals surface area contributed by atoms with Crippen molar-refractivity contribution in [2.75, 3.05) is 0 Å². The highest BCUT2D eigenvalue weighted by Gasteiger charge is 2.18. The van der Waals surface area contributed by atoms with E-state index >= 15 is 0 Å². The third-order valence-corrected chi connectivity index (χ3v) is 5.80. The molecule has 0 aliphatic rings. The second-order valence-corrected chi connectivity index (χ2v) is 7.84. The van der Waals surface area contributed by atoms with Crippen molar-refractivity contribution < 1.29 is 9.18 Å². The standard InChI is InChI=1S/C27H22FN3O/c28-23-13-10-18(21-8-4-5-9-22(21)23)12-15-26(32)31-27(19-6-2-1-3-7-19)20-11-14-24-25(16-20)30-17-29-24/h1-11,13-14,16-17,27H,12,15H2,(H,29,30)(H,31,32). The zero-order valence-electron chi connectivity index (χ0n) is 17.4. The molecule has 0 fully saturated rings. The zero-order valence-corrected chi connectivity index (χ0v) is 17.4. The summed E-state index contributed by atoms with van der Waals surface area (Å²) in [6.07, 6.45) is 2.51. The largest absolute Gasteiger partial charge is 0.345 e. The third kappa shape index (κ3) is 3.97. The first kappa shape index (κ1) is 19.9. The Morgan fingerprint density at radius 3 is 2.53 bits per heavy atom. The van der Waals surface area contributed by atoms with Gasteiger partial charge in [-0.2, -0.15) is 0 Å². The molecule has 0 radical (unpaired) electrons. The summed E-state index contributed by atoms with van der Waals surface area (Å²) < 4.78 is 14.1. The number of aryl methyl sites for hydroxylation is 1. The van der Waals surface area contributed by atoms with E-state index in [4.69, 9.17) is 0 Å². The first-order valence-electron chi connectivity index (χ1n) is 10.6. The molecule has 1 heterocycles. The molecule has 1 amide bonds. The van der Waals surface area contributed by atoms with Gasteiger partial charge in [0, 0.05) is 11.8 Å². The molecule has 158 valence electrons. The van der Waals surface area contributed by atoms with Crippen LogP contribution in [0.4, 0.5) is 4.39 Å². The number of hydrogen-bond donors (Lipinski definition) is 2. The van der Waals surface area contributed by atoms with Crippen LogP contribution in [0.3, 0.4) is 0 Å². The number of aromatic nitrogens is 2. The molecule has 32 heavy (non-hydrogen) atoms. The first-order valence-corrected chi connectivity index (χ1v) is 10.6. The van der Waals surface area contributed by atoms with Gasteiger partial charge in [-0.15, -0.1) is 0 Å². The molecular formula is C27H22FN3O. The molecule has 4 nitrogen and oxygen atoms in total. The molecule has 1 unspecified atom stereocenters. The van der Waals surface area contributed by atoms with Gasteiger partial charge in [0.05, 0.1) is 23.4 Å². The van der Waals surface area contributed by atoms with Crippen molar-refractivity contribution in [3.63, 3.8) is 0 Å². The van der Waals surface area contributed by atoms with Crippen LogP contribution in [0, 0.1) is 5.82 Å². The second kappa shape index (κ2) is 8.63. The SMILES string of the molecule is O=C(CCc1ccc(F)c2ccccc12)NC(c1ccccc1)c1ccc2nc[nH]c2c1. The minimum atomic E-state index is -0.277. The van der Waals surface area contributed by atoms with E-state index in [1.165, 1.54) is 6.07 Å². The molecule has 5 aromatic rings. The first-order chi connectivity index (χ1) is 15.7. The van der Waals surface area contributed by atoms with Gasteiger partial charge in [0.15, 0.2) is 0 Å². The Balaban J connectivity index is 1.38. The van der Waals surface area contributed by atoms with Crippen molar-refractivity contribution in [2.45, 2.75) is 18.9 Å². The van der Waals surface area contributed by atoms with E-state index in [2.05, 4.69) is 15.3 Å². The van der Waals surface area contributed by atoms with Gasteiger partial charge in [-0.3, -0.25) is 4.79 Å². The van der Waals surface area contributed by atoms with Crippen LogP contribution in [-0.4, -0.2) is 15.9 Å². The number of carbonyl (C=O) groups excluding carboxylic acids is 1. The molecule has 2 N–H and O–H groups in total. The Bertz CT molecular complexity index is 1390. The van der Waals surface area contributed by atoms with Gasteiger partial charge in [0.1, 0.15) is 5.82 Å². The lowest BCUT2D eigenvalue weighted by Gasteiger charge is -2.20. The van der Waals surface area contributed by atoms with Crippen LogP contribution in [0.5, 0.6) is 0 Å². The predicted molar refractivity (Wildman–Crippen MR) is 125 cm³/mol. The van der Waals surface area contributed by atoms with Crippen LogP contribution in [0.2, 0.25) is 0 Å². The van der Waals surface area contributed by atoms with Gasteiger partial charge in [0.25, 0.3) is 0 Å². The number of H-pyrrole nitrogens is 1. The van der Waals surface area contributed by atoms with Crippen molar-refractivity contribution in [1.82, 2.24) is 15.3 Å². The highest BCUT2D eigenvalue weighted by atomic mass is 19.1. The van der Waals surface area contributed by atoms with Gasteiger partial charge in [-0.1, -0.05) is 66.7 Å². The number of halogens is 1. The van der Waals surface area contributed by atoms with E-state index < -0.39 is 0 Å². The van der Waals surface area contributed by atoms with Crippen molar-refractivity contribution >= 4 is 27.7 Å². The molecule has 0 saturated heterocycles. The van der Waals surface area contributed by atoms with Crippen LogP contribution >= 0.6 is 0 Å². The number of nitrogens with zero attached hydrogens (tertiary/aromatic N) is 1. The minimum absolute atomic E-state index is 0.0584. The number of carbonyl (C=O) groups is 1. The fourth-order valence-corrected chi connectivity index (χ4v) is 4.16. The number of hydrogen-bond acceptors (Lipinski definition) is 2. The van der Waals surface area contributed by atoms with E-state index in [-0.39, 0.29) is 17.8 Å². The summed E-state index contributed by atoms with van der Waals surface area (Å²) in [5.41, 5.74) is 4.76. The molecule has 1 atom stereocenters. The summed E-state index contributed by atoms with van der Waals surface area (Å²) in [7, 11) is 0. The maximum Gasteiger partial charge on any atom is 0.221 e. The molecule has 0 spiro atoms. The Kier molecular flexibility index (Phi) is 5.38. The quantitative estimate of drug-likeness (QED) is 0.368. The smallest absolute Gasteiger partial charge is 0.221 e. The van der Waals surface area contributed by atoms with Crippen LogP contribution < -0.4 is 5.32 Å². The van der Waals surface area contributed by atoms with Crippen molar-refractivity contribution in [2.24, 2.45) is 0 Å². The Labute approximate surface area is 185 Å².